The third-order valence-electron chi connectivity index (χ3n) is 3.66. The summed E-state index contributed by atoms with van der Waals surface area (Å²) in [6.07, 6.45) is 6.34. The Bertz CT molecular complexity index is 1010. The maximum absolute atomic E-state index is 12.3. The van der Waals surface area contributed by atoms with Crippen LogP contribution in [0.1, 0.15) is 16.1 Å². The molecule has 0 saturated heterocycles. The van der Waals surface area contributed by atoms with Crippen molar-refractivity contribution in [3.63, 3.8) is 0 Å². The first-order chi connectivity index (χ1) is 12.8. The highest BCUT2D eigenvalue weighted by Gasteiger charge is 2.15. The predicted molar refractivity (Wildman–Crippen MR) is 93.3 cm³/mol. The first kappa shape index (κ1) is 15.7. The largest absolute Gasteiger partial charge is 0.354 e. The van der Waals surface area contributed by atoms with Gasteiger partial charge < -0.3 is 9.84 Å². The van der Waals surface area contributed by atoms with E-state index in [0.717, 1.165) is 5.56 Å². The van der Waals surface area contributed by atoms with Crippen LogP contribution in [-0.4, -0.2) is 30.8 Å². The molecule has 128 valence electrons. The standard InChI is InChI=1S/C18H14N6O2/c25-18(16-8-17(26-23-16)15-6-7-19-12-20-15)22-14-9-21-24(11-14)10-13-4-2-1-3-5-13/h1-9,11-12H,10H2,(H,22,25). The second kappa shape index (κ2) is 6.98. The Morgan fingerprint density at radius 1 is 1.19 bits per heavy atom. The van der Waals surface area contributed by atoms with Gasteiger partial charge in [0.25, 0.3) is 5.91 Å². The lowest BCUT2D eigenvalue weighted by molar-refractivity contribution is 0.101. The van der Waals surface area contributed by atoms with E-state index in [-0.39, 0.29) is 11.6 Å². The molecule has 0 bridgehead atoms. The monoisotopic (exact) mass is 346 g/mol. The average molecular weight is 346 g/mol. The fourth-order valence-corrected chi connectivity index (χ4v) is 2.42. The molecule has 0 atom stereocenters. The molecule has 0 aliphatic carbocycles. The van der Waals surface area contributed by atoms with E-state index in [4.69, 9.17) is 4.52 Å². The summed E-state index contributed by atoms with van der Waals surface area (Å²) in [6, 6.07) is 13.2. The molecule has 0 aliphatic rings. The normalized spacial score (nSPS) is 10.6. The summed E-state index contributed by atoms with van der Waals surface area (Å²) in [7, 11) is 0. The molecule has 1 aromatic carbocycles. The summed E-state index contributed by atoms with van der Waals surface area (Å²) in [5, 5.41) is 10.8. The van der Waals surface area contributed by atoms with E-state index in [0.29, 0.717) is 23.7 Å². The fraction of sp³-hybridized carbons (Fsp3) is 0.0556. The van der Waals surface area contributed by atoms with Crippen LogP contribution in [0.4, 0.5) is 5.69 Å². The number of benzene rings is 1. The first-order valence-electron chi connectivity index (χ1n) is 7.89. The molecule has 0 saturated carbocycles. The second-order valence-corrected chi connectivity index (χ2v) is 5.54. The maximum Gasteiger partial charge on any atom is 0.277 e. The van der Waals surface area contributed by atoms with Crippen molar-refractivity contribution in [1.29, 1.82) is 0 Å². The van der Waals surface area contributed by atoms with Gasteiger partial charge in [-0.1, -0.05) is 35.5 Å². The summed E-state index contributed by atoms with van der Waals surface area (Å²) >= 11 is 0. The number of amides is 1. The number of carbonyl (C=O) groups is 1. The summed E-state index contributed by atoms with van der Waals surface area (Å²) < 4.78 is 6.92. The van der Waals surface area contributed by atoms with Crippen LogP contribution in [0.3, 0.4) is 0 Å². The SMILES string of the molecule is O=C(Nc1cnn(Cc2ccccc2)c1)c1cc(-c2ccncn2)on1. The van der Waals surface area contributed by atoms with E-state index in [2.05, 4.69) is 25.5 Å². The van der Waals surface area contributed by atoms with E-state index >= 15 is 0 Å². The molecule has 4 rings (SSSR count). The third kappa shape index (κ3) is 3.48. The van der Waals surface area contributed by atoms with Crippen LogP contribution in [0.15, 0.2) is 71.9 Å². The zero-order valence-corrected chi connectivity index (χ0v) is 13.6. The predicted octanol–water partition coefficient (Wildman–Crippen LogP) is 2.63. The van der Waals surface area contributed by atoms with Crippen molar-refractivity contribution in [2.45, 2.75) is 6.54 Å². The van der Waals surface area contributed by atoms with Gasteiger partial charge in [-0.25, -0.2) is 9.97 Å². The smallest absolute Gasteiger partial charge is 0.277 e. The molecule has 0 spiro atoms. The van der Waals surface area contributed by atoms with Crippen molar-refractivity contribution in [3.8, 4) is 11.5 Å². The number of nitrogens with zero attached hydrogens (tertiary/aromatic N) is 5. The first-order valence-corrected chi connectivity index (χ1v) is 7.89. The quantitative estimate of drug-likeness (QED) is 0.596. The molecule has 0 radical (unpaired) electrons. The molecule has 0 aliphatic heterocycles. The number of nitrogens with one attached hydrogen (secondary N) is 1. The molecule has 3 aromatic heterocycles. The van der Waals surface area contributed by atoms with Gasteiger partial charge in [-0.05, 0) is 11.6 Å². The molecule has 8 heteroatoms. The fourth-order valence-electron chi connectivity index (χ4n) is 2.42. The van der Waals surface area contributed by atoms with Crippen molar-refractivity contribution < 1.29 is 9.32 Å². The number of hydrogen-bond donors (Lipinski definition) is 1. The summed E-state index contributed by atoms with van der Waals surface area (Å²) in [6.45, 7) is 0.624. The lowest BCUT2D eigenvalue weighted by Crippen LogP contribution is -2.11. The van der Waals surface area contributed by atoms with Crippen LogP contribution >= 0.6 is 0 Å². The minimum atomic E-state index is -0.381. The molecule has 4 aromatic rings. The second-order valence-electron chi connectivity index (χ2n) is 5.54. The summed E-state index contributed by atoms with van der Waals surface area (Å²) in [5.41, 5.74) is 2.42. The Hall–Kier alpha value is -3.81. The van der Waals surface area contributed by atoms with Crippen molar-refractivity contribution >= 4 is 11.6 Å². The molecule has 26 heavy (non-hydrogen) atoms. The summed E-state index contributed by atoms with van der Waals surface area (Å²) in [4.78, 5) is 20.2. The molecule has 1 N–H and O–H groups in total. The number of rotatable bonds is 5. The van der Waals surface area contributed by atoms with Crippen molar-refractivity contribution in [1.82, 2.24) is 24.9 Å². The van der Waals surface area contributed by atoms with Gasteiger partial charge in [0.2, 0.25) is 0 Å². The van der Waals surface area contributed by atoms with E-state index < -0.39 is 0 Å². The van der Waals surface area contributed by atoms with Gasteiger partial charge in [0.1, 0.15) is 12.0 Å². The Kier molecular flexibility index (Phi) is 4.21. The van der Waals surface area contributed by atoms with Crippen LogP contribution < -0.4 is 5.32 Å². The zero-order chi connectivity index (χ0) is 17.8. The average Bonchev–Trinajstić information content (AvgIpc) is 3.33. The van der Waals surface area contributed by atoms with Gasteiger partial charge in [-0.3, -0.25) is 9.48 Å². The number of hydrogen-bond acceptors (Lipinski definition) is 6. The Labute approximate surface area is 148 Å². The van der Waals surface area contributed by atoms with Gasteiger partial charge in [0.15, 0.2) is 11.5 Å². The van der Waals surface area contributed by atoms with Gasteiger partial charge >= 0.3 is 0 Å². The highest BCUT2D eigenvalue weighted by atomic mass is 16.5. The minimum Gasteiger partial charge on any atom is -0.354 e. The van der Waals surface area contributed by atoms with Crippen molar-refractivity contribution in [3.05, 3.63) is 78.6 Å². The zero-order valence-electron chi connectivity index (χ0n) is 13.6. The molecule has 0 fully saturated rings. The van der Waals surface area contributed by atoms with Gasteiger partial charge in [-0.15, -0.1) is 0 Å². The Balaban J connectivity index is 1.43. The Morgan fingerprint density at radius 3 is 2.88 bits per heavy atom. The van der Waals surface area contributed by atoms with Crippen molar-refractivity contribution in [2.75, 3.05) is 5.32 Å². The number of anilines is 1. The minimum absolute atomic E-state index is 0.162. The van der Waals surface area contributed by atoms with Gasteiger partial charge in [-0.2, -0.15) is 5.10 Å². The molecule has 1 amide bonds. The van der Waals surface area contributed by atoms with Crippen LogP contribution in [0.25, 0.3) is 11.5 Å². The topological polar surface area (TPSA) is 98.7 Å². The van der Waals surface area contributed by atoms with Crippen LogP contribution in [0, 0.1) is 0 Å². The molecular formula is C18H14N6O2. The highest BCUT2D eigenvalue weighted by molar-refractivity contribution is 6.03. The van der Waals surface area contributed by atoms with Crippen LogP contribution in [0.5, 0.6) is 0 Å². The Morgan fingerprint density at radius 2 is 2.08 bits per heavy atom. The lowest BCUT2D eigenvalue weighted by atomic mass is 10.2. The highest BCUT2D eigenvalue weighted by Crippen LogP contribution is 2.18. The molecule has 8 nitrogen and oxygen atoms in total. The van der Waals surface area contributed by atoms with E-state index in [9.17, 15) is 4.79 Å². The molecule has 3 heterocycles. The van der Waals surface area contributed by atoms with Crippen molar-refractivity contribution in [2.24, 2.45) is 0 Å². The third-order valence-corrected chi connectivity index (χ3v) is 3.66. The van der Waals surface area contributed by atoms with E-state index in [1.165, 1.54) is 12.4 Å². The van der Waals surface area contributed by atoms with Crippen LogP contribution in [-0.2, 0) is 6.54 Å². The van der Waals surface area contributed by atoms with E-state index in [1.807, 2.05) is 30.3 Å². The van der Waals surface area contributed by atoms with Gasteiger partial charge in [0.05, 0.1) is 18.4 Å². The molecule has 0 unspecified atom stereocenters. The number of carbonyl (C=O) groups excluding carboxylic acids is 1. The number of aromatic nitrogens is 5. The van der Waals surface area contributed by atoms with Crippen LogP contribution in [0.2, 0.25) is 0 Å². The van der Waals surface area contributed by atoms with Gasteiger partial charge in [0, 0.05) is 18.5 Å². The van der Waals surface area contributed by atoms with E-state index in [1.54, 1.807) is 29.3 Å². The molecular weight excluding hydrogens is 332 g/mol. The summed E-state index contributed by atoms with van der Waals surface area (Å²) in [5.74, 6) is 0.0191. The lowest BCUT2D eigenvalue weighted by Gasteiger charge is -2.01. The maximum atomic E-state index is 12.3.